The van der Waals surface area contributed by atoms with Gasteiger partial charge in [-0.25, -0.2) is 4.98 Å². The normalized spacial score (nSPS) is 14.6. The molecule has 1 aliphatic rings. The molecule has 1 unspecified atom stereocenters. The van der Waals surface area contributed by atoms with Gasteiger partial charge in [0.2, 0.25) is 0 Å². The second-order valence-electron chi connectivity index (χ2n) is 8.17. The first kappa shape index (κ1) is 23.1. The van der Waals surface area contributed by atoms with Crippen molar-refractivity contribution >= 4 is 40.1 Å². The Balaban J connectivity index is 0.000000371. The van der Waals surface area contributed by atoms with E-state index in [4.69, 9.17) is 23.2 Å². The molecular formula is C26H22Cl2N6O. The van der Waals surface area contributed by atoms with Crippen LogP contribution in [0.5, 0.6) is 0 Å². The van der Waals surface area contributed by atoms with Gasteiger partial charge in [-0.2, -0.15) is 0 Å². The summed E-state index contributed by atoms with van der Waals surface area (Å²) in [6.07, 6.45) is 4.76. The van der Waals surface area contributed by atoms with E-state index in [-0.39, 0.29) is 11.9 Å². The molecule has 3 aromatic carbocycles. The first-order valence-electron chi connectivity index (χ1n) is 11.2. The van der Waals surface area contributed by atoms with Crippen molar-refractivity contribution in [2.24, 2.45) is 0 Å². The molecule has 6 rings (SSSR count). The highest BCUT2D eigenvalue weighted by Crippen LogP contribution is 2.26. The van der Waals surface area contributed by atoms with Gasteiger partial charge in [-0.3, -0.25) is 9.36 Å². The van der Waals surface area contributed by atoms with Crippen molar-refractivity contribution in [3.63, 3.8) is 0 Å². The summed E-state index contributed by atoms with van der Waals surface area (Å²) in [6, 6.07) is 23.0. The lowest BCUT2D eigenvalue weighted by atomic mass is 10.1. The van der Waals surface area contributed by atoms with Crippen LogP contribution in [0, 0.1) is 0 Å². The zero-order valence-electron chi connectivity index (χ0n) is 18.7. The van der Waals surface area contributed by atoms with E-state index in [1.165, 1.54) is 0 Å². The lowest BCUT2D eigenvalue weighted by Gasteiger charge is -2.25. The van der Waals surface area contributed by atoms with Crippen molar-refractivity contribution in [1.29, 1.82) is 0 Å². The van der Waals surface area contributed by atoms with E-state index in [9.17, 15) is 4.79 Å². The smallest absolute Gasteiger partial charge is 0.253 e. The Bertz CT molecular complexity index is 1420. The highest BCUT2D eigenvalue weighted by molar-refractivity contribution is 6.34. The minimum absolute atomic E-state index is 0.00308. The summed E-state index contributed by atoms with van der Waals surface area (Å²) in [5.74, 6) is 0.829. The molecule has 176 valence electrons. The monoisotopic (exact) mass is 504 g/mol. The third-order valence-corrected chi connectivity index (χ3v) is 6.37. The molecule has 0 saturated heterocycles. The van der Waals surface area contributed by atoms with E-state index in [1.54, 1.807) is 29.4 Å². The van der Waals surface area contributed by atoms with Crippen LogP contribution in [-0.2, 0) is 13.0 Å². The molecule has 0 bridgehead atoms. The summed E-state index contributed by atoms with van der Waals surface area (Å²) in [5, 5.41) is 11.7. The summed E-state index contributed by atoms with van der Waals surface area (Å²) in [6.45, 7) is 0.662. The summed E-state index contributed by atoms with van der Waals surface area (Å²) in [4.78, 5) is 17.5. The molecule has 0 radical (unpaired) electrons. The third kappa shape index (κ3) is 5.21. The van der Waals surface area contributed by atoms with E-state index < -0.39 is 0 Å². The molecule has 7 nitrogen and oxygen atoms in total. The molecule has 2 aromatic heterocycles. The van der Waals surface area contributed by atoms with Crippen molar-refractivity contribution in [1.82, 2.24) is 29.6 Å². The summed E-state index contributed by atoms with van der Waals surface area (Å²) in [5.41, 5.74) is 3.14. The van der Waals surface area contributed by atoms with Gasteiger partial charge in [-0.15, -0.1) is 10.2 Å². The van der Waals surface area contributed by atoms with Crippen LogP contribution in [0.4, 0.5) is 0 Å². The van der Waals surface area contributed by atoms with Crippen molar-refractivity contribution in [2.45, 2.75) is 25.4 Å². The van der Waals surface area contributed by atoms with Gasteiger partial charge in [0.25, 0.3) is 5.91 Å². The number of hydrogen-bond donors (Lipinski definition) is 1. The number of nitrogens with zero attached hydrogens (tertiary/aromatic N) is 5. The predicted molar refractivity (Wildman–Crippen MR) is 137 cm³/mol. The van der Waals surface area contributed by atoms with E-state index in [1.807, 2.05) is 60.7 Å². The minimum Gasteiger partial charge on any atom is -0.347 e. The Kier molecular flexibility index (Phi) is 6.79. The number of amides is 1. The van der Waals surface area contributed by atoms with Crippen molar-refractivity contribution < 1.29 is 4.79 Å². The van der Waals surface area contributed by atoms with Gasteiger partial charge in [0.1, 0.15) is 18.5 Å². The van der Waals surface area contributed by atoms with Gasteiger partial charge < -0.3 is 9.88 Å². The number of halogens is 2. The maximum atomic E-state index is 12.8. The molecule has 0 saturated carbocycles. The van der Waals surface area contributed by atoms with Crippen LogP contribution in [0.25, 0.3) is 16.7 Å². The molecular weight excluding hydrogens is 483 g/mol. The first-order valence-corrected chi connectivity index (χ1v) is 11.9. The quantitative estimate of drug-likeness (QED) is 0.359. The summed E-state index contributed by atoms with van der Waals surface area (Å²) >= 11 is 12.5. The molecule has 1 aliphatic heterocycles. The standard InChI is InChI=1S/C20H16Cl2N6O.C6H6/c21-12-1-5-18-17(7-12)26-19-6-2-13(9-28(18)19)25-20(29)15-4-3-14(8-16(15)22)27-10-23-24-11-27;1-2-4-6-5-3-1/h1,3-5,7-8,10-11,13H,2,6,9H2,(H,25,29);1-6H. The number of aryl methyl sites for hydroxylation is 1. The maximum Gasteiger partial charge on any atom is 0.253 e. The Morgan fingerprint density at radius 3 is 2.34 bits per heavy atom. The van der Waals surface area contributed by atoms with Crippen LogP contribution in [0.1, 0.15) is 22.6 Å². The van der Waals surface area contributed by atoms with Crippen LogP contribution < -0.4 is 5.32 Å². The number of aromatic nitrogens is 5. The number of carbonyl (C=O) groups is 1. The topological polar surface area (TPSA) is 77.6 Å². The number of benzene rings is 3. The SMILES string of the molecule is O=C(NC1CCc2nc3cc(Cl)ccc3n2C1)c1ccc(-n2cnnc2)cc1Cl.c1ccccc1. The molecule has 9 heteroatoms. The fourth-order valence-electron chi connectivity index (χ4n) is 4.11. The van der Waals surface area contributed by atoms with Crippen molar-refractivity contribution in [3.05, 3.63) is 107 Å². The van der Waals surface area contributed by atoms with Crippen LogP contribution in [0.15, 0.2) is 85.5 Å². The third-order valence-electron chi connectivity index (χ3n) is 5.82. The molecule has 5 aromatic rings. The predicted octanol–water partition coefficient (Wildman–Crippen LogP) is 5.36. The number of rotatable bonds is 3. The van der Waals surface area contributed by atoms with E-state index in [2.05, 4.69) is 25.1 Å². The minimum atomic E-state index is -0.189. The molecule has 1 N–H and O–H groups in total. The lowest BCUT2D eigenvalue weighted by molar-refractivity contribution is 0.0928. The fraction of sp³-hybridized carbons (Fsp3) is 0.154. The largest absolute Gasteiger partial charge is 0.347 e. The highest BCUT2D eigenvalue weighted by atomic mass is 35.5. The Hall–Kier alpha value is -3.68. The average molecular weight is 505 g/mol. The number of hydrogen-bond acceptors (Lipinski definition) is 4. The summed E-state index contributed by atoms with van der Waals surface area (Å²) < 4.78 is 3.88. The molecule has 35 heavy (non-hydrogen) atoms. The van der Waals surface area contributed by atoms with Crippen LogP contribution in [-0.4, -0.2) is 36.3 Å². The van der Waals surface area contributed by atoms with Gasteiger partial charge in [0.05, 0.1) is 21.6 Å². The molecule has 3 heterocycles. The number of fused-ring (bicyclic) bond motifs is 3. The Morgan fingerprint density at radius 2 is 1.66 bits per heavy atom. The number of imidazole rings is 1. The van der Waals surface area contributed by atoms with Crippen LogP contribution in [0.3, 0.4) is 0 Å². The van der Waals surface area contributed by atoms with Gasteiger partial charge in [-0.1, -0.05) is 59.6 Å². The fourth-order valence-corrected chi connectivity index (χ4v) is 4.54. The van der Waals surface area contributed by atoms with Gasteiger partial charge in [0.15, 0.2) is 0 Å². The highest BCUT2D eigenvalue weighted by Gasteiger charge is 2.24. The van der Waals surface area contributed by atoms with Crippen LogP contribution in [0.2, 0.25) is 10.0 Å². The summed E-state index contributed by atoms with van der Waals surface area (Å²) in [7, 11) is 0. The van der Waals surface area contributed by atoms with E-state index in [0.717, 1.165) is 35.4 Å². The lowest BCUT2D eigenvalue weighted by Crippen LogP contribution is -2.41. The van der Waals surface area contributed by atoms with Gasteiger partial charge >= 0.3 is 0 Å². The van der Waals surface area contributed by atoms with E-state index in [0.29, 0.717) is 22.2 Å². The molecule has 0 spiro atoms. The van der Waals surface area contributed by atoms with E-state index >= 15 is 0 Å². The Morgan fingerprint density at radius 1 is 0.943 bits per heavy atom. The van der Waals surface area contributed by atoms with Crippen LogP contribution >= 0.6 is 23.2 Å². The zero-order valence-corrected chi connectivity index (χ0v) is 20.2. The molecule has 0 aliphatic carbocycles. The molecule has 1 atom stereocenters. The number of carbonyl (C=O) groups excluding carboxylic acids is 1. The Labute approximate surface area is 212 Å². The second kappa shape index (κ2) is 10.3. The maximum absolute atomic E-state index is 12.8. The number of nitrogens with one attached hydrogen (secondary N) is 1. The first-order chi connectivity index (χ1) is 17.1. The van der Waals surface area contributed by atoms with Gasteiger partial charge in [0, 0.05) is 29.7 Å². The second-order valence-corrected chi connectivity index (χ2v) is 9.01. The van der Waals surface area contributed by atoms with Gasteiger partial charge in [-0.05, 0) is 42.8 Å². The average Bonchev–Trinajstić information content (AvgIpc) is 3.53. The molecule has 1 amide bonds. The van der Waals surface area contributed by atoms with Crippen molar-refractivity contribution in [2.75, 3.05) is 0 Å². The molecule has 0 fully saturated rings. The zero-order chi connectivity index (χ0) is 24.2. The van der Waals surface area contributed by atoms with Crippen molar-refractivity contribution in [3.8, 4) is 5.69 Å².